The van der Waals surface area contributed by atoms with E-state index in [4.69, 9.17) is 14.2 Å². The fourth-order valence-corrected chi connectivity index (χ4v) is 4.62. The minimum atomic E-state index is -1.34. The minimum absolute atomic E-state index is 0.0536. The number of nitrogens with zero attached hydrogens (tertiary/aromatic N) is 1. The smallest absolute Gasteiger partial charge is 0.346 e. The lowest BCUT2D eigenvalue weighted by molar-refractivity contribution is -0.117. The molecular weight excluding hydrogens is 515 g/mol. The molecular formula is C25H20F3NO7S. The summed E-state index contributed by atoms with van der Waals surface area (Å²) in [5, 5.41) is 10.8. The van der Waals surface area contributed by atoms with Crippen LogP contribution in [-0.2, 0) is 22.6 Å². The zero-order chi connectivity index (χ0) is 26.7. The number of amides is 2. The molecule has 1 aliphatic rings. The summed E-state index contributed by atoms with van der Waals surface area (Å²) in [4.78, 5) is 37.6. The second-order valence-electron chi connectivity index (χ2n) is 7.79. The number of aromatic carboxylic acids is 1. The van der Waals surface area contributed by atoms with E-state index in [-0.39, 0.29) is 47.0 Å². The maximum absolute atomic E-state index is 14.8. The quantitative estimate of drug-likeness (QED) is 0.299. The van der Waals surface area contributed by atoms with Gasteiger partial charge in [0.25, 0.3) is 5.91 Å². The van der Waals surface area contributed by atoms with E-state index in [9.17, 15) is 32.7 Å². The van der Waals surface area contributed by atoms with Crippen molar-refractivity contribution in [2.24, 2.45) is 0 Å². The van der Waals surface area contributed by atoms with Gasteiger partial charge >= 0.3 is 5.97 Å². The number of benzene rings is 2. The van der Waals surface area contributed by atoms with Gasteiger partial charge in [-0.2, -0.15) is 4.39 Å². The van der Waals surface area contributed by atoms with Gasteiger partial charge in [0.2, 0.25) is 17.5 Å². The first-order chi connectivity index (χ1) is 17.7. The summed E-state index contributed by atoms with van der Waals surface area (Å²) in [5.41, 5.74) is -0.117. The van der Waals surface area contributed by atoms with Crippen LogP contribution in [0.3, 0.4) is 0 Å². The van der Waals surface area contributed by atoms with Gasteiger partial charge in [-0.3, -0.25) is 9.59 Å². The molecule has 2 heterocycles. The van der Waals surface area contributed by atoms with Crippen molar-refractivity contribution in [2.75, 3.05) is 24.7 Å². The first kappa shape index (κ1) is 26.2. The Morgan fingerprint density at radius 3 is 2.57 bits per heavy atom. The Hall–Kier alpha value is -3.90. The van der Waals surface area contributed by atoms with Crippen LogP contribution < -0.4 is 14.4 Å². The van der Waals surface area contributed by atoms with Crippen molar-refractivity contribution >= 4 is 34.8 Å². The maximum atomic E-state index is 14.8. The first-order valence-corrected chi connectivity index (χ1v) is 11.9. The standard InChI is InChI=1S/C25H20F3NO7S/c1-2-34-7-8-35-18-6-5-16(27)21(28)22(18)36-11-13-3-4-15(26)17(9-13)29-19(30)10-14-12-37-23(25(32)33)20(14)24(29)31/h3-6,9,12H,2,7-8,10-11H2,1H3,(H,32,33). The molecule has 2 aromatic carbocycles. The topological polar surface area (TPSA) is 102 Å². The molecule has 1 N–H and O–H groups in total. The van der Waals surface area contributed by atoms with Gasteiger partial charge in [0.05, 0.1) is 24.3 Å². The molecule has 3 aromatic rings. The summed E-state index contributed by atoms with van der Waals surface area (Å²) in [6, 6.07) is 5.49. The number of carbonyl (C=O) groups excluding carboxylic acids is 2. The van der Waals surface area contributed by atoms with Crippen molar-refractivity contribution < 1.29 is 46.9 Å². The second kappa shape index (κ2) is 11.0. The van der Waals surface area contributed by atoms with Gasteiger partial charge in [0.15, 0.2) is 11.6 Å². The third-order valence-corrected chi connectivity index (χ3v) is 6.42. The number of rotatable bonds is 10. The largest absolute Gasteiger partial charge is 0.487 e. The Bertz CT molecular complexity index is 1370. The third kappa shape index (κ3) is 5.30. The Morgan fingerprint density at radius 2 is 1.84 bits per heavy atom. The number of carboxylic acid groups (broad SMARTS) is 1. The van der Waals surface area contributed by atoms with Gasteiger partial charge in [0.1, 0.15) is 23.9 Å². The molecule has 0 unspecified atom stereocenters. The Labute approximate surface area is 212 Å². The van der Waals surface area contributed by atoms with E-state index >= 15 is 0 Å². The Morgan fingerprint density at radius 1 is 1.08 bits per heavy atom. The number of anilines is 1. The summed E-state index contributed by atoms with van der Waals surface area (Å²) in [6.07, 6.45) is -0.290. The van der Waals surface area contributed by atoms with Gasteiger partial charge in [0, 0.05) is 6.61 Å². The minimum Gasteiger partial charge on any atom is -0.487 e. The van der Waals surface area contributed by atoms with Crippen molar-refractivity contribution in [1.29, 1.82) is 0 Å². The number of ether oxygens (including phenoxy) is 3. The van der Waals surface area contributed by atoms with Crippen LogP contribution >= 0.6 is 11.3 Å². The normalized spacial score (nSPS) is 13.0. The number of fused-ring (bicyclic) bond motifs is 1. The number of halogens is 3. The van der Waals surface area contributed by atoms with Gasteiger partial charge in [-0.1, -0.05) is 6.07 Å². The monoisotopic (exact) mass is 535 g/mol. The van der Waals surface area contributed by atoms with Crippen LogP contribution in [0.15, 0.2) is 35.7 Å². The molecule has 37 heavy (non-hydrogen) atoms. The van der Waals surface area contributed by atoms with Crippen LogP contribution in [-0.4, -0.2) is 42.7 Å². The molecule has 8 nitrogen and oxygen atoms in total. The fourth-order valence-electron chi connectivity index (χ4n) is 3.72. The second-order valence-corrected chi connectivity index (χ2v) is 8.67. The summed E-state index contributed by atoms with van der Waals surface area (Å²) in [7, 11) is 0. The third-order valence-electron chi connectivity index (χ3n) is 5.41. The molecule has 0 spiro atoms. The van der Waals surface area contributed by atoms with Crippen molar-refractivity contribution in [1.82, 2.24) is 0 Å². The van der Waals surface area contributed by atoms with E-state index in [1.165, 1.54) is 17.5 Å². The highest BCUT2D eigenvalue weighted by Crippen LogP contribution is 2.35. The van der Waals surface area contributed by atoms with Crippen molar-refractivity contribution in [2.45, 2.75) is 20.0 Å². The molecule has 12 heteroatoms. The van der Waals surface area contributed by atoms with E-state index in [1.807, 2.05) is 0 Å². The van der Waals surface area contributed by atoms with Crippen LogP contribution in [0.2, 0.25) is 0 Å². The lowest BCUT2D eigenvalue weighted by Gasteiger charge is -2.26. The number of thiophene rings is 1. The molecule has 1 aliphatic heterocycles. The molecule has 0 fully saturated rings. The van der Waals surface area contributed by atoms with E-state index < -0.39 is 53.3 Å². The van der Waals surface area contributed by atoms with Crippen molar-refractivity contribution in [3.05, 3.63) is 74.7 Å². The highest BCUT2D eigenvalue weighted by atomic mass is 32.1. The van der Waals surface area contributed by atoms with Crippen LogP contribution in [0, 0.1) is 17.5 Å². The SMILES string of the molecule is CCOCCOc1ccc(F)c(F)c1OCc1ccc(F)c(N2C(=O)Cc3csc(C(=O)O)c3C2=O)c1. The van der Waals surface area contributed by atoms with Crippen LogP contribution in [0.25, 0.3) is 0 Å². The van der Waals surface area contributed by atoms with Crippen molar-refractivity contribution in [3.8, 4) is 11.5 Å². The molecule has 0 aliphatic carbocycles. The molecule has 194 valence electrons. The predicted octanol–water partition coefficient (Wildman–Crippen LogP) is 4.59. The zero-order valence-corrected chi connectivity index (χ0v) is 20.2. The van der Waals surface area contributed by atoms with Gasteiger partial charge in [-0.25, -0.2) is 18.5 Å². The van der Waals surface area contributed by atoms with Crippen LogP contribution in [0.1, 0.15) is 38.1 Å². The molecule has 4 rings (SSSR count). The number of carboxylic acids is 1. The molecule has 0 saturated heterocycles. The fraction of sp³-hybridized carbons (Fsp3) is 0.240. The Kier molecular flexibility index (Phi) is 7.79. The highest BCUT2D eigenvalue weighted by Gasteiger charge is 2.38. The van der Waals surface area contributed by atoms with Gasteiger partial charge in [-0.15, -0.1) is 11.3 Å². The van der Waals surface area contributed by atoms with Crippen LogP contribution in [0.4, 0.5) is 18.9 Å². The number of hydrogen-bond acceptors (Lipinski definition) is 7. The molecule has 0 bridgehead atoms. The molecule has 1 aromatic heterocycles. The van der Waals surface area contributed by atoms with Gasteiger partial charge in [-0.05, 0) is 47.7 Å². The summed E-state index contributed by atoms with van der Waals surface area (Å²) in [5.74, 6) is -7.02. The molecule has 0 radical (unpaired) electrons. The summed E-state index contributed by atoms with van der Waals surface area (Å²) >= 11 is 0.803. The predicted molar refractivity (Wildman–Crippen MR) is 126 cm³/mol. The van der Waals surface area contributed by atoms with E-state index in [1.54, 1.807) is 6.92 Å². The summed E-state index contributed by atoms with van der Waals surface area (Å²) in [6.45, 7) is 2.11. The lowest BCUT2D eigenvalue weighted by atomic mass is 10.00. The number of carbonyl (C=O) groups is 3. The van der Waals surface area contributed by atoms with E-state index in [0.717, 1.165) is 29.5 Å². The molecule has 0 saturated carbocycles. The molecule has 0 atom stereocenters. The number of hydrogen-bond donors (Lipinski definition) is 1. The first-order valence-electron chi connectivity index (χ1n) is 11.0. The van der Waals surface area contributed by atoms with Crippen LogP contribution in [0.5, 0.6) is 11.5 Å². The molecule has 2 amide bonds. The van der Waals surface area contributed by atoms with E-state index in [2.05, 4.69) is 0 Å². The zero-order valence-electron chi connectivity index (χ0n) is 19.4. The Balaban J connectivity index is 1.59. The average Bonchev–Trinajstić information content (AvgIpc) is 3.29. The van der Waals surface area contributed by atoms with E-state index in [0.29, 0.717) is 11.5 Å². The maximum Gasteiger partial charge on any atom is 0.346 e. The van der Waals surface area contributed by atoms with Crippen molar-refractivity contribution in [3.63, 3.8) is 0 Å². The summed E-state index contributed by atoms with van der Waals surface area (Å²) < 4.78 is 59.1. The average molecular weight is 535 g/mol. The highest BCUT2D eigenvalue weighted by molar-refractivity contribution is 7.12. The lowest BCUT2D eigenvalue weighted by Crippen LogP contribution is -2.43. The number of imide groups is 1. The van der Waals surface area contributed by atoms with Gasteiger partial charge < -0.3 is 19.3 Å².